The number of nitrogens with one attached hydrogen (secondary N) is 3. The second-order valence-corrected chi connectivity index (χ2v) is 7.97. The smallest absolute Gasteiger partial charge is 0.261 e. The summed E-state index contributed by atoms with van der Waals surface area (Å²) in [6.07, 6.45) is 1.56. The monoisotopic (exact) mass is 563 g/mol. The first-order valence-corrected chi connectivity index (χ1v) is 11.0. The summed E-state index contributed by atoms with van der Waals surface area (Å²) in [7, 11) is 0. The van der Waals surface area contributed by atoms with Crippen LogP contribution in [0.1, 0.15) is 29.4 Å². The highest BCUT2D eigenvalue weighted by Crippen LogP contribution is 2.24. The van der Waals surface area contributed by atoms with Gasteiger partial charge in [0, 0.05) is 44.8 Å². The van der Waals surface area contributed by atoms with E-state index in [-0.39, 0.29) is 35.9 Å². The number of carbonyl (C=O) groups is 1. The minimum atomic E-state index is -0.571. The van der Waals surface area contributed by atoms with Gasteiger partial charge in [0.15, 0.2) is 5.96 Å². The molecular weight excluding hydrogens is 535 g/mol. The highest BCUT2D eigenvalue weighted by Gasteiger charge is 2.25. The standard InChI is InChI=1S/C21H27F2N5OS.HI/c1-2-24-21(26-10-4-9-25-20(29)19-5-3-12-30-19)27-16-8-11-28(14-16)18-7-6-15(22)13-17(18)23;/h3,5-7,12-13,16H,2,4,8-11,14H2,1H3,(H,25,29)(H2,24,26,27);1H. The molecule has 10 heteroatoms. The molecule has 1 aromatic heterocycles. The van der Waals surface area contributed by atoms with E-state index >= 15 is 0 Å². The number of hydrogen-bond donors (Lipinski definition) is 3. The molecule has 3 N–H and O–H groups in total. The van der Waals surface area contributed by atoms with Crippen molar-refractivity contribution in [2.75, 3.05) is 37.6 Å². The Morgan fingerprint density at radius 3 is 2.84 bits per heavy atom. The third-order valence-electron chi connectivity index (χ3n) is 4.76. The van der Waals surface area contributed by atoms with Crippen molar-refractivity contribution in [3.63, 3.8) is 0 Å². The van der Waals surface area contributed by atoms with Gasteiger partial charge in [-0.1, -0.05) is 6.07 Å². The maximum Gasteiger partial charge on any atom is 0.261 e. The highest BCUT2D eigenvalue weighted by molar-refractivity contribution is 14.0. The first-order chi connectivity index (χ1) is 14.6. The zero-order valence-corrected chi connectivity index (χ0v) is 20.5. The lowest BCUT2D eigenvalue weighted by Gasteiger charge is -2.21. The van der Waals surface area contributed by atoms with Crippen molar-refractivity contribution in [1.82, 2.24) is 16.0 Å². The quantitative estimate of drug-likeness (QED) is 0.199. The molecule has 3 rings (SSSR count). The molecule has 2 heterocycles. The minimum Gasteiger partial charge on any atom is -0.367 e. The molecule has 1 aliphatic heterocycles. The first kappa shape index (κ1) is 25.3. The van der Waals surface area contributed by atoms with Gasteiger partial charge in [-0.05, 0) is 43.3 Å². The van der Waals surface area contributed by atoms with E-state index in [0.717, 1.165) is 25.5 Å². The normalized spacial score (nSPS) is 16.0. The Kier molecular flexibility index (Phi) is 10.4. The van der Waals surface area contributed by atoms with Crippen molar-refractivity contribution >= 4 is 52.9 Å². The second-order valence-electron chi connectivity index (χ2n) is 7.02. The number of amides is 1. The third kappa shape index (κ3) is 7.60. The summed E-state index contributed by atoms with van der Waals surface area (Å²) in [5.41, 5.74) is 0.420. The Bertz CT molecular complexity index is 865. The van der Waals surface area contributed by atoms with E-state index in [1.165, 1.54) is 23.5 Å². The van der Waals surface area contributed by atoms with Gasteiger partial charge in [0.25, 0.3) is 5.91 Å². The molecule has 0 spiro atoms. The fourth-order valence-corrected chi connectivity index (χ4v) is 3.95. The van der Waals surface area contributed by atoms with Crippen LogP contribution in [0.25, 0.3) is 0 Å². The Labute approximate surface area is 202 Å². The van der Waals surface area contributed by atoms with Crippen molar-refractivity contribution < 1.29 is 13.6 Å². The van der Waals surface area contributed by atoms with Crippen molar-refractivity contribution in [1.29, 1.82) is 0 Å². The lowest BCUT2D eigenvalue weighted by atomic mass is 10.2. The predicted molar refractivity (Wildman–Crippen MR) is 133 cm³/mol. The second kappa shape index (κ2) is 12.8. The van der Waals surface area contributed by atoms with Crippen LogP contribution < -0.4 is 20.9 Å². The number of guanidine groups is 1. The molecule has 0 bridgehead atoms. The number of hydrogen-bond acceptors (Lipinski definition) is 4. The van der Waals surface area contributed by atoms with Gasteiger partial charge in [0.2, 0.25) is 0 Å². The van der Waals surface area contributed by atoms with Crippen molar-refractivity contribution in [3.8, 4) is 0 Å². The fraction of sp³-hybridized carbons (Fsp3) is 0.429. The van der Waals surface area contributed by atoms with Crippen LogP contribution in [0.4, 0.5) is 14.5 Å². The highest BCUT2D eigenvalue weighted by atomic mass is 127. The number of nitrogens with zero attached hydrogens (tertiary/aromatic N) is 2. The van der Waals surface area contributed by atoms with Crippen LogP contribution in [0.3, 0.4) is 0 Å². The van der Waals surface area contributed by atoms with Crippen LogP contribution in [0.2, 0.25) is 0 Å². The molecule has 0 saturated carbocycles. The summed E-state index contributed by atoms with van der Waals surface area (Å²) in [6.45, 7) is 5.15. The molecule has 2 aromatic rings. The van der Waals surface area contributed by atoms with E-state index < -0.39 is 11.6 Å². The van der Waals surface area contributed by atoms with Gasteiger partial charge in [-0.3, -0.25) is 9.79 Å². The topological polar surface area (TPSA) is 68.8 Å². The molecule has 1 aliphatic rings. The van der Waals surface area contributed by atoms with Gasteiger partial charge in [-0.25, -0.2) is 8.78 Å². The van der Waals surface area contributed by atoms with Gasteiger partial charge in [0.05, 0.1) is 10.6 Å². The zero-order chi connectivity index (χ0) is 21.3. The average Bonchev–Trinajstić information content (AvgIpc) is 3.40. The number of halogens is 3. The van der Waals surface area contributed by atoms with Gasteiger partial charge in [-0.2, -0.15) is 0 Å². The molecule has 1 saturated heterocycles. The molecule has 0 aliphatic carbocycles. The summed E-state index contributed by atoms with van der Waals surface area (Å²) in [5.74, 6) is -0.467. The molecule has 31 heavy (non-hydrogen) atoms. The van der Waals surface area contributed by atoms with Crippen LogP contribution in [-0.2, 0) is 0 Å². The summed E-state index contributed by atoms with van der Waals surface area (Å²) in [6, 6.07) is 7.45. The Hall–Kier alpha value is -1.95. The van der Waals surface area contributed by atoms with Crippen LogP contribution in [0.15, 0.2) is 40.7 Å². The van der Waals surface area contributed by atoms with Gasteiger partial charge in [0.1, 0.15) is 11.6 Å². The molecule has 1 aromatic carbocycles. The molecule has 1 unspecified atom stereocenters. The zero-order valence-electron chi connectivity index (χ0n) is 17.4. The maximum absolute atomic E-state index is 14.0. The molecule has 1 amide bonds. The van der Waals surface area contributed by atoms with Crippen molar-refractivity contribution in [2.24, 2.45) is 4.99 Å². The van der Waals surface area contributed by atoms with Crippen molar-refractivity contribution in [3.05, 3.63) is 52.2 Å². The summed E-state index contributed by atoms with van der Waals surface area (Å²) in [4.78, 5) is 19.1. The third-order valence-corrected chi connectivity index (χ3v) is 5.63. The Morgan fingerprint density at radius 2 is 2.13 bits per heavy atom. The van der Waals surface area contributed by atoms with E-state index in [4.69, 9.17) is 0 Å². The number of carbonyl (C=O) groups excluding carboxylic acids is 1. The van der Waals surface area contributed by atoms with Gasteiger partial charge >= 0.3 is 0 Å². The summed E-state index contributed by atoms with van der Waals surface area (Å²) >= 11 is 1.42. The molecule has 0 radical (unpaired) electrons. The number of aliphatic imine (C=N–C) groups is 1. The largest absolute Gasteiger partial charge is 0.367 e. The van der Waals surface area contributed by atoms with E-state index in [0.29, 0.717) is 42.7 Å². The number of thiophene rings is 1. The van der Waals surface area contributed by atoms with Crippen LogP contribution in [0, 0.1) is 11.6 Å². The van der Waals surface area contributed by atoms with Crippen LogP contribution >= 0.6 is 35.3 Å². The Balaban J connectivity index is 0.00000341. The number of rotatable bonds is 8. The van der Waals surface area contributed by atoms with Gasteiger partial charge in [-0.15, -0.1) is 35.3 Å². The minimum absolute atomic E-state index is 0. The molecular formula is C21H28F2IN5OS. The molecule has 1 fully saturated rings. The number of benzene rings is 1. The summed E-state index contributed by atoms with van der Waals surface area (Å²) in [5, 5.41) is 11.4. The van der Waals surface area contributed by atoms with Crippen LogP contribution in [0.5, 0.6) is 0 Å². The summed E-state index contributed by atoms with van der Waals surface area (Å²) < 4.78 is 27.2. The van der Waals surface area contributed by atoms with E-state index in [1.807, 2.05) is 23.3 Å². The Morgan fingerprint density at radius 1 is 1.29 bits per heavy atom. The fourth-order valence-electron chi connectivity index (χ4n) is 3.31. The molecule has 1 atom stereocenters. The van der Waals surface area contributed by atoms with Crippen molar-refractivity contribution in [2.45, 2.75) is 25.8 Å². The van der Waals surface area contributed by atoms with Gasteiger partial charge < -0.3 is 20.9 Å². The molecule has 6 nitrogen and oxygen atoms in total. The first-order valence-electron chi connectivity index (χ1n) is 10.1. The van der Waals surface area contributed by atoms with E-state index in [9.17, 15) is 13.6 Å². The average molecular weight is 563 g/mol. The van der Waals surface area contributed by atoms with E-state index in [1.54, 1.807) is 6.07 Å². The molecule has 170 valence electrons. The predicted octanol–water partition coefficient (Wildman–Crippen LogP) is 3.60. The van der Waals surface area contributed by atoms with Crippen LogP contribution in [-0.4, -0.2) is 50.6 Å². The lowest BCUT2D eigenvalue weighted by molar-refractivity contribution is 0.0957. The van der Waals surface area contributed by atoms with E-state index in [2.05, 4.69) is 20.9 Å². The lowest BCUT2D eigenvalue weighted by Crippen LogP contribution is -2.44. The number of anilines is 1. The maximum atomic E-state index is 14.0. The SMILES string of the molecule is CCNC(=NCCCNC(=O)c1cccs1)NC1CCN(c2ccc(F)cc2F)C1.I.